The molecule has 0 saturated heterocycles. The molecule has 1 aliphatic carbocycles. The van der Waals surface area contributed by atoms with Gasteiger partial charge in [0.2, 0.25) is 16.0 Å². The van der Waals surface area contributed by atoms with Gasteiger partial charge in [0.25, 0.3) is 0 Å². The van der Waals surface area contributed by atoms with Crippen LogP contribution in [0.25, 0.3) is 28.2 Å². The maximum absolute atomic E-state index is 15.4. The number of nitrogens with zero attached hydrogens (tertiary/aromatic N) is 5. The van der Waals surface area contributed by atoms with Crippen molar-refractivity contribution in [2.24, 2.45) is 0 Å². The fraction of sp³-hybridized carbons (Fsp3) is 0.280. The van der Waals surface area contributed by atoms with Gasteiger partial charge in [-0.05, 0) is 68.5 Å². The normalized spacial score (nSPS) is 14.6. The Kier molecular flexibility index (Phi) is 6.00. The first-order valence-electron chi connectivity index (χ1n) is 11.5. The van der Waals surface area contributed by atoms with Gasteiger partial charge < -0.3 is 0 Å². The van der Waals surface area contributed by atoms with Gasteiger partial charge in [-0.25, -0.2) is 22.8 Å². The maximum Gasteiger partial charge on any atom is 0.407 e. The summed E-state index contributed by atoms with van der Waals surface area (Å²) >= 11 is 0. The molecule has 4 aromatic rings. The SMILES string of the molecule is CC(C)(NS(=O)(=O)c1ccc(-c2c(C#N)c3c(F)cc(C4CC4)cc3n2-c2ncccn2)nc1)C(F)(F)F. The molecule has 1 aliphatic rings. The minimum absolute atomic E-state index is 0.0337. The number of pyridine rings is 1. The minimum Gasteiger partial charge on any atom is -0.275 e. The first-order valence-corrected chi connectivity index (χ1v) is 12.9. The molecule has 0 unspecified atom stereocenters. The summed E-state index contributed by atoms with van der Waals surface area (Å²) in [5.74, 6) is -0.262. The van der Waals surface area contributed by atoms with E-state index >= 15 is 4.39 Å². The number of sulfonamides is 1. The highest BCUT2D eigenvalue weighted by Crippen LogP contribution is 2.44. The fourth-order valence-corrected chi connectivity index (χ4v) is 5.48. The largest absolute Gasteiger partial charge is 0.407 e. The van der Waals surface area contributed by atoms with Crippen LogP contribution in [0.15, 0.2) is 53.8 Å². The summed E-state index contributed by atoms with van der Waals surface area (Å²) in [7, 11) is -4.61. The molecular formula is C25H20F4N6O2S. The third kappa shape index (κ3) is 4.39. The third-order valence-electron chi connectivity index (χ3n) is 6.34. The summed E-state index contributed by atoms with van der Waals surface area (Å²) in [5.41, 5.74) is -1.48. The summed E-state index contributed by atoms with van der Waals surface area (Å²) in [4.78, 5) is 12.1. The summed E-state index contributed by atoms with van der Waals surface area (Å²) < 4.78 is 83.6. The van der Waals surface area contributed by atoms with E-state index < -0.39 is 32.5 Å². The summed E-state index contributed by atoms with van der Waals surface area (Å²) in [6, 6.07) is 9.08. The Bertz CT molecular complexity index is 1690. The van der Waals surface area contributed by atoms with Crippen LogP contribution in [0.5, 0.6) is 0 Å². The van der Waals surface area contributed by atoms with Crippen LogP contribution in [0.3, 0.4) is 0 Å². The number of hydrogen-bond donors (Lipinski definition) is 1. The second-order valence-corrected chi connectivity index (χ2v) is 11.2. The van der Waals surface area contributed by atoms with E-state index in [1.807, 2.05) is 6.07 Å². The van der Waals surface area contributed by atoms with E-state index in [0.717, 1.165) is 30.7 Å². The molecule has 8 nitrogen and oxygen atoms in total. The Morgan fingerprint density at radius 1 is 1.11 bits per heavy atom. The molecular weight excluding hydrogens is 524 g/mol. The van der Waals surface area contributed by atoms with Crippen LogP contribution < -0.4 is 4.72 Å². The number of nitrogens with one attached hydrogen (secondary N) is 1. The zero-order valence-electron chi connectivity index (χ0n) is 20.1. The Morgan fingerprint density at radius 2 is 1.79 bits per heavy atom. The molecule has 0 aliphatic heterocycles. The van der Waals surface area contributed by atoms with Crippen molar-refractivity contribution in [2.45, 2.75) is 49.2 Å². The second-order valence-electron chi connectivity index (χ2n) is 9.50. The average molecular weight is 545 g/mol. The van der Waals surface area contributed by atoms with Crippen molar-refractivity contribution in [2.75, 3.05) is 0 Å². The second kappa shape index (κ2) is 8.85. The van der Waals surface area contributed by atoms with E-state index in [-0.39, 0.29) is 34.2 Å². The number of fused-ring (bicyclic) bond motifs is 1. The molecule has 0 atom stereocenters. The Labute approximate surface area is 215 Å². The van der Waals surface area contributed by atoms with Gasteiger partial charge in [0.1, 0.15) is 22.3 Å². The van der Waals surface area contributed by atoms with E-state index in [9.17, 15) is 26.9 Å². The van der Waals surface area contributed by atoms with Crippen LogP contribution in [0, 0.1) is 17.1 Å². The molecule has 5 rings (SSSR count). The predicted octanol–water partition coefficient (Wildman–Crippen LogP) is 4.99. The molecule has 1 aromatic carbocycles. The molecule has 0 spiro atoms. The van der Waals surface area contributed by atoms with E-state index in [4.69, 9.17) is 0 Å². The number of alkyl halides is 3. The molecule has 3 aromatic heterocycles. The van der Waals surface area contributed by atoms with Crippen molar-refractivity contribution < 1.29 is 26.0 Å². The molecule has 38 heavy (non-hydrogen) atoms. The van der Waals surface area contributed by atoms with Crippen LogP contribution in [-0.4, -0.2) is 39.7 Å². The van der Waals surface area contributed by atoms with Gasteiger partial charge in [-0.3, -0.25) is 9.55 Å². The van der Waals surface area contributed by atoms with E-state index in [1.165, 1.54) is 29.1 Å². The minimum atomic E-state index is -4.84. The Morgan fingerprint density at radius 3 is 2.34 bits per heavy atom. The van der Waals surface area contributed by atoms with Crippen molar-refractivity contribution in [3.63, 3.8) is 0 Å². The Hall–Kier alpha value is -3.89. The highest BCUT2D eigenvalue weighted by molar-refractivity contribution is 7.89. The molecule has 3 heterocycles. The summed E-state index contributed by atoms with van der Waals surface area (Å²) in [5, 5.41) is 10.1. The van der Waals surface area contributed by atoms with Gasteiger partial charge in [0.05, 0.1) is 27.9 Å². The van der Waals surface area contributed by atoms with Gasteiger partial charge in [0.15, 0.2) is 0 Å². The van der Waals surface area contributed by atoms with Crippen molar-refractivity contribution in [3.05, 3.63) is 65.9 Å². The topological polar surface area (TPSA) is 114 Å². The van der Waals surface area contributed by atoms with Gasteiger partial charge in [0, 0.05) is 18.6 Å². The third-order valence-corrected chi connectivity index (χ3v) is 7.98. The molecule has 1 saturated carbocycles. The van der Waals surface area contributed by atoms with Gasteiger partial charge in [-0.15, -0.1) is 0 Å². The molecule has 0 radical (unpaired) electrons. The maximum atomic E-state index is 15.4. The van der Waals surface area contributed by atoms with Crippen LogP contribution in [0.2, 0.25) is 0 Å². The van der Waals surface area contributed by atoms with E-state index in [0.29, 0.717) is 19.4 Å². The smallest absolute Gasteiger partial charge is 0.275 e. The van der Waals surface area contributed by atoms with Crippen molar-refractivity contribution >= 4 is 20.9 Å². The molecule has 0 bridgehead atoms. The average Bonchev–Trinajstić information content (AvgIpc) is 3.65. The zero-order valence-corrected chi connectivity index (χ0v) is 20.9. The number of rotatable bonds is 6. The quantitative estimate of drug-likeness (QED) is 0.342. The predicted molar refractivity (Wildman–Crippen MR) is 129 cm³/mol. The number of benzene rings is 1. The highest BCUT2D eigenvalue weighted by Gasteiger charge is 2.49. The van der Waals surface area contributed by atoms with Gasteiger partial charge in [-0.2, -0.15) is 23.2 Å². The molecule has 1 fully saturated rings. The lowest BCUT2D eigenvalue weighted by Gasteiger charge is -2.28. The lowest BCUT2D eigenvalue weighted by atomic mass is 10.0. The number of halogens is 4. The summed E-state index contributed by atoms with van der Waals surface area (Å²) in [6.45, 7) is 1.41. The lowest BCUT2D eigenvalue weighted by molar-refractivity contribution is -0.180. The van der Waals surface area contributed by atoms with E-state index in [1.54, 1.807) is 16.9 Å². The van der Waals surface area contributed by atoms with Crippen molar-refractivity contribution in [3.8, 4) is 23.4 Å². The standard InChI is InChI=1S/C25H20F4N6O2S/c1-24(2,25(27,28)29)34-38(36,37)16-6-7-19(33-13-16)22-17(12-30)21-18(26)10-15(14-4-5-14)11-20(21)35(22)23-31-8-3-9-32-23/h3,6-11,13-14,34H,4-5H2,1-2H3. The highest BCUT2D eigenvalue weighted by atomic mass is 32.2. The first kappa shape index (κ1) is 25.7. The van der Waals surface area contributed by atoms with Crippen LogP contribution in [0.1, 0.15) is 43.7 Å². The fourth-order valence-electron chi connectivity index (χ4n) is 4.14. The Balaban J connectivity index is 1.68. The monoisotopic (exact) mass is 544 g/mol. The van der Waals surface area contributed by atoms with E-state index in [2.05, 4.69) is 15.0 Å². The van der Waals surface area contributed by atoms with Crippen LogP contribution in [0.4, 0.5) is 17.6 Å². The number of nitriles is 1. The number of hydrogen-bond acceptors (Lipinski definition) is 6. The van der Waals surface area contributed by atoms with Crippen molar-refractivity contribution in [1.82, 2.24) is 24.2 Å². The summed E-state index contributed by atoms with van der Waals surface area (Å²) in [6.07, 6.45) is 0.828. The lowest BCUT2D eigenvalue weighted by Crippen LogP contribution is -2.54. The molecule has 196 valence electrons. The molecule has 1 N–H and O–H groups in total. The molecule has 0 amide bonds. The number of aromatic nitrogens is 4. The van der Waals surface area contributed by atoms with Gasteiger partial charge >= 0.3 is 6.18 Å². The first-order chi connectivity index (χ1) is 17.8. The van der Waals surface area contributed by atoms with Crippen LogP contribution >= 0.6 is 0 Å². The zero-order chi connectivity index (χ0) is 27.5. The van der Waals surface area contributed by atoms with Crippen LogP contribution in [-0.2, 0) is 10.0 Å². The molecule has 13 heteroatoms. The van der Waals surface area contributed by atoms with Crippen molar-refractivity contribution in [1.29, 1.82) is 5.26 Å². The van der Waals surface area contributed by atoms with Gasteiger partial charge in [-0.1, -0.05) is 0 Å².